The fourth-order valence-electron chi connectivity index (χ4n) is 1.90. The van der Waals surface area contributed by atoms with Gasteiger partial charge in [-0.15, -0.1) is 0 Å². The molecule has 1 aromatic carbocycles. The summed E-state index contributed by atoms with van der Waals surface area (Å²) in [5.41, 5.74) is 3.32. The zero-order valence-corrected chi connectivity index (χ0v) is 13.9. The Hall–Kier alpha value is -1.00. The Morgan fingerprint density at radius 2 is 1.95 bits per heavy atom. The van der Waals surface area contributed by atoms with E-state index in [1.54, 1.807) is 0 Å². The highest BCUT2D eigenvalue weighted by molar-refractivity contribution is 9.10. The molecular formula is C15H17BrN2S. The minimum Gasteiger partial charge on any atom is -0.342 e. The Kier molecular flexibility index (Phi) is 3.92. The monoisotopic (exact) mass is 336 g/mol. The van der Waals surface area contributed by atoms with Crippen LogP contribution < -0.4 is 0 Å². The Morgan fingerprint density at radius 1 is 1.26 bits per heavy atom. The molecule has 0 spiro atoms. The average Bonchev–Trinajstić information content (AvgIpc) is 2.31. The van der Waals surface area contributed by atoms with Gasteiger partial charge in [-0.05, 0) is 28.9 Å². The molecule has 19 heavy (non-hydrogen) atoms. The first kappa shape index (κ1) is 14.4. The zero-order chi connectivity index (χ0) is 14.2. The summed E-state index contributed by atoms with van der Waals surface area (Å²) >= 11 is 8.89. The molecule has 0 aliphatic rings. The quantitative estimate of drug-likeness (QED) is 0.727. The van der Waals surface area contributed by atoms with Crippen LogP contribution in [0, 0.1) is 11.6 Å². The van der Waals surface area contributed by atoms with Crippen molar-refractivity contribution in [2.24, 2.45) is 0 Å². The lowest BCUT2D eigenvalue weighted by Gasteiger charge is -2.21. The van der Waals surface area contributed by atoms with Crippen LogP contribution in [0.2, 0.25) is 0 Å². The first-order valence-electron chi connectivity index (χ1n) is 6.16. The van der Waals surface area contributed by atoms with E-state index in [4.69, 9.17) is 12.2 Å². The van der Waals surface area contributed by atoms with E-state index >= 15 is 0 Å². The van der Waals surface area contributed by atoms with Crippen molar-refractivity contribution in [1.29, 1.82) is 0 Å². The third kappa shape index (κ3) is 3.12. The van der Waals surface area contributed by atoms with Gasteiger partial charge in [-0.25, -0.2) is 4.98 Å². The fraction of sp³-hybridized carbons (Fsp3) is 0.333. The number of aromatic nitrogens is 2. The topological polar surface area (TPSA) is 28.7 Å². The molecule has 0 fully saturated rings. The predicted octanol–water partition coefficient (Wildman–Crippen LogP) is 5.17. The third-order valence-electron chi connectivity index (χ3n) is 2.91. The van der Waals surface area contributed by atoms with Crippen LogP contribution in [0.4, 0.5) is 0 Å². The van der Waals surface area contributed by atoms with Crippen molar-refractivity contribution in [3.8, 4) is 11.4 Å². The minimum atomic E-state index is -0.0199. The van der Waals surface area contributed by atoms with Crippen molar-refractivity contribution in [2.75, 3.05) is 0 Å². The summed E-state index contributed by atoms with van der Waals surface area (Å²) in [7, 11) is 0. The number of H-pyrrole nitrogens is 1. The first-order valence-corrected chi connectivity index (χ1v) is 7.36. The molecular weight excluding hydrogens is 320 g/mol. The number of hydrogen-bond acceptors (Lipinski definition) is 2. The van der Waals surface area contributed by atoms with Crippen LogP contribution in [-0.2, 0) is 5.41 Å². The van der Waals surface area contributed by atoms with Gasteiger partial charge in [0.05, 0.1) is 4.47 Å². The van der Waals surface area contributed by atoms with E-state index in [-0.39, 0.29) is 5.41 Å². The summed E-state index contributed by atoms with van der Waals surface area (Å²) in [5, 5.41) is 0. The van der Waals surface area contributed by atoms with Gasteiger partial charge in [0.1, 0.15) is 10.5 Å². The number of aromatic amines is 1. The Labute approximate surface area is 127 Å². The predicted molar refractivity (Wildman–Crippen MR) is 86.0 cm³/mol. The standard InChI is InChI=1S/C15H17BrN2S/c1-9-6-5-7-10(8-9)13-17-12(15(2,3)4)11(16)14(19)18-13/h5-8H,1-4H3,(H,17,18,19). The van der Waals surface area contributed by atoms with Gasteiger partial charge in [0.2, 0.25) is 0 Å². The van der Waals surface area contributed by atoms with E-state index in [0.717, 1.165) is 21.6 Å². The summed E-state index contributed by atoms with van der Waals surface area (Å²) in [4.78, 5) is 7.88. The van der Waals surface area contributed by atoms with Crippen molar-refractivity contribution >= 4 is 28.1 Å². The molecule has 0 unspecified atom stereocenters. The molecule has 0 aliphatic heterocycles. The molecule has 0 atom stereocenters. The second kappa shape index (κ2) is 5.17. The summed E-state index contributed by atoms with van der Waals surface area (Å²) in [6.45, 7) is 8.52. The average molecular weight is 337 g/mol. The second-order valence-corrected chi connectivity index (χ2v) is 6.88. The van der Waals surface area contributed by atoms with E-state index < -0.39 is 0 Å². The molecule has 1 N–H and O–H groups in total. The maximum atomic E-state index is 5.35. The summed E-state index contributed by atoms with van der Waals surface area (Å²) in [6.07, 6.45) is 0. The SMILES string of the molecule is Cc1cccc(-c2nc(=S)c(Br)c(C(C)(C)C)[nH]2)c1. The van der Waals surface area contributed by atoms with Gasteiger partial charge in [-0.3, -0.25) is 0 Å². The van der Waals surface area contributed by atoms with Gasteiger partial charge in [0.15, 0.2) is 0 Å². The van der Waals surface area contributed by atoms with Crippen molar-refractivity contribution in [3.05, 3.63) is 44.6 Å². The number of benzene rings is 1. The molecule has 1 heterocycles. The molecule has 0 saturated carbocycles. The third-order valence-corrected chi connectivity index (χ3v) is 4.24. The van der Waals surface area contributed by atoms with Crippen LogP contribution in [0.15, 0.2) is 28.7 Å². The molecule has 2 aromatic rings. The summed E-state index contributed by atoms with van der Waals surface area (Å²) in [5.74, 6) is 0.821. The highest BCUT2D eigenvalue weighted by Crippen LogP contribution is 2.30. The largest absolute Gasteiger partial charge is 0.342 e. The van der Waals surface area contributed by atoms with Gasteiger partial charge < -0.3 is 4.98 Å². The van der Waals surface area contributed by atoms with Crippen LogP contribution in [0.25, 0.3) is 11.4 Å². The number of nitrogens with one attached hydrogen (secondary N) is 1. The lowest BCUT2D eigenvalue weighted by Crippen LogP contribution is -2.16. The Morgan fingerprint density at radius 3 is 2.53 bits per heavy atom. The molecule has 2 nitrogen and oxygen atoms in total. The van der Waals surface area contributed by atoms with Crippen molar-refractivity contribution in [1.82, 2.24) is 9.97 Å². The maximum absolute atomic E-state index is 5.35. The van der Waals surface area contributed by atoms with Crippen molar-refractivity contribution in [2.45, 2.75) is 33.1 Å². The highest BCUT2D eigenvalue weighted by Gasteiger charge is 2.20. The Balaban J connectivity index is 2.67. The van der Waals surface area contributed by atoms with Gasteiger partial charge in [0.25, 0.3) is 0 Å². The molecule has 0 amide bonds. The molecule has 4 heteroatoms. The smallest absolute Gasteiger partial charge is 0.144 e. The van der Waals surface area contributed by atoms with Crippen molar-refractivity contribution < 1.29 is 0 Å². The summed E-state index contributed by atoms with van der Waals surface area (Å²) in [6, 6.07) is 8.25. The number of aryl methyl sites for hydroxylation is 1. The molecule has 2 rings (SSSR count). The fourth-order valence-corrected chi connectivity index (χ4v) is 2.88. The van der Waals surface area contributed by atoms with E-state index in [1.165, 1.54) is 5.56 Å². The molecule has 100 valence electrons. The number of hydrogen-bond donors (Lipinski definition) is 1. The van der Waals surface area contributed by atoms with E-state index in [1.807, 2.05) is 12.1 Å². The maximum Gasteiger partial charge on any atom is 0.144 e. The van der Waals surface area contributed by atoms with Crippen LogP contribution >= 0.6 is 28.1 Å². The van der Waals surface area contributed by atoms with Crippen LogP contribution in [0.5, 0.6) is 0 Å². The number of rotatable bonds is 1. The molecule has 1 aromatic heterocycles. The Bertz CT molecular complexity index is 669. The van der Waals surface area contributed by atoms with Crippen LogP contribution in [0.3, 0.4) is 0 Å². The molecule has 0 radical (unpaired) electrons. The molecule has 0 bridgehead atoms. The normalized spacial score (nSPS) is 11.6. The van der Waals surface area contributed by atoms with E-state index in [9.17, 15) is 0 Å². The van der Waals surface area contributed by atoms with Gasteiger partial charge in [0, 0.05) is 16.7 Å². The van der Waals surface area contributed by atoms with Gasteiger partial charge in [-0.2, -0.15) is 0 Å². The zero-order valence-electron chi connectivity index (χ0n) is 11.5. The lowest BCUT2D eigenvalue weighted by molar-refractivity contribution is 0.563. The second-order valence-electron chi connectivity index (χ2n) is 5.70. The first-order chi connectivity index (χ1) is 8.79. The minimum absolute atomic E-state index is 0.0199. The van der Waals surface area contributed by atoms with Crippen LogP contribution in [-0.4, -0.2) is 9.97 Å². The van der Waals surface area contributed by atoms with Crippen LogP contribution in [0.1, 0.15) is 32.0 Å². The summed E-state index contributed by atoms with van der Waals surface area (Å²) < 4.78 is 1.48. The number of halogens is 1. The van der Waals surface area contributed by atoms with E-state index in [0.29, 0.717) is 4.64 Å². The molecule has 0 saturated heterocycles. The number of nitrogens with zero attached hydrogens (tertiary/aromatic N) is 1. The lowest BCUT2D eigenvalue weighted by atomic mass is 9.92. The molecule has 0 aliphatic carbocycles. The van der Waals surface area contributed by atoms with E-state index in [2.05, 4.69) is 65.7 Å². The van der Waals surface area contributed by atoms with Gasteiger partial charge in [-0.1, -0.05) is 56.8 Å². The van der Waals surface area contributed by atoms with Crippen molar-refractivity contribution in [3.63, 3.8) is 0 Å². The highest BCUT2D eigenvalue weighted by atomic mass is 79.9. The van der Waals surface area contributed by atoms with Gasteiger partial charge >= 0.3 is 0 Å².